The number of aliphatic hydroxyl groups excluding tert-OH is 1. The second kappa shape index (κ2) is 5.18. The van der Waals surface area contributed by atoms with Gasteiger partial charge in [-0.05, 0) is 36.4 Å². The van der Waals surface area contributed by atoms with Gasteiger partial charge in [-0.1, -0.05) is 0 Å². The summed E-state index contributed by atoms with van der Waals surface area (Å²) in [5.74, 6) is 0.894. The first-order valence-corrected chi connectivity index (χ1v) is 6.27. The Hall–Kier alpha value is -2.60. The molecule has 20 heavy (non-hydrogen) atoms. The summed E-state index contributed by atoms with van der Waals surface area (Å²) in [7, 11) is 0. The molecule has 1 aromatic carbocycles. The van der Waals surface area contributed by atoms with Crippen LogP contribution in [0.5, 0.6) is 5.75 Å². The molecule has 0 saturated carbocycles. The van der Waals surface area contributed by atoms with Crippen molar-refractivity contribution >= 4 is 11.5 Å². The Balaban J connectivity index is 2.04. The van der Waals surface area contributed by atoms with Gasteiger partial charge in [-0.3, -0.25) is 0 Å². The number of phenolic OH excluding ortho intramolecular Hbond substituents is 1. The number of aromatic nitrogens is 3. The summed E-state index contributed by atoms with van der Waals surface area (Å²) in [6.07, 6.45) is 1.74. The maximum Gasteiger partial charge on any atom is 0.154 e. The van der Waals surface area contributed by atoms with Gasteiger partial charge in [-0.15, -0.1) is 5.10 Å². The lowest BCUT2D eigenvalue weighted by atomic mass is 10.2. The topological polar surface area (TPSA) is 82.7 Å². The summed E-state index contributed by atoms with van der Waals surface area (Å²) in [6.45, 7) is 0.496. The number of nitrogens with zero attached hydrogens (tertiary/aromatic N) is 3. The third-order valence-electron chi connectivity index (χ3n) is 2.94. The molecule has 102 valence electrons. The van der Waals surface area contributed by atoms with E-state index in [-0.39, 0.29) is 12.4 Å². The summed E-state index contributed by atoms with van der Waals surface area (Å²) in [5.41, 5.74) is 2.50. The van der Waals surface area contributed by atoms with E-state index in [1.54, 1.807) is 22.8 Å². The zero-order valence-corrected chi connectivity index (χ0v) is 10.7. The van der Waals surface area contributed by atoms with Crippen molar-refractivity contribution in [1.82, 2.24) is 14.6 Å². The number of benzene rings is 1. The number of hydrogen-bond acceptors (Lipinski definition) is 5. The fourth-order valence-electron chi connectivity index (χ4n) is 1.98. The van der Waals surface area contributed by atoms with Crippen LogP contribution < -0.4 is 5.32 Å². The van der Waals surface area contributed by atoms with Crippen molar-refractivity contribution in [1.29, 1.82) is 0 Å². The molecule has 0 bridgehead atoms. The van der Waals surface area contributed by atoms with E-state index in [4.69, 9.17) is 5.11 Å². The molecule has 0 amide bonds. The lowest BCUT2D eigenvalue weighted by Crippen LogP contribution is -2.08. The molecule has 6 heteroatoms. The molecule has 0 spiro atoms. The van der Waals surface area contributed by atoms with Crippen molar-refractivity contribution in [2.75, 3.05) is 18.5 Å². The van der Waals surface area contributed by atoms with E-state index in [2.05, 4.69) is 15.4 Å². The van der Waals surface area contributed by atoms with Crippen LogP contribution in [-0.2, 0) is 0 Å². The summed E-state index contributed by atoms with van der Waals surface area (Å²) in [5, 5.41) is 25.6. The molecule has 2 heterocycles. The van der Waals surface area contributed by atoms with Crippen LogP contribution in [0.4, 0.5) is 5.82 Å². The number of phenols is 1. The number of imidazole rings is 1. The molecule has 2 aromatic heterocycles. The molecule has 3 N–H and O–H groups in total. The van der Waals surface area contributed by atoms with E-state index in [1.165, 1.54) is 0 Å². The summed E-state index contributed by atoms with van der Waals surface area (Å²) in [6, 6.07) is 10.6. The highest BCUT2D eigenvalue weighted by Gasteiger charge is 2.07. The highest BCUT2D eigenvalue weighted by Crippen LogP contribution is 2.22. The van der Waals surface area contributed by atoms with Gasteiger partial charge in [-0.2, -0.15) is 0 Å². The molecule has 0 aliphatic carbocycles. The van der Waals surface area contributed by atoms with Gasteiger partial charge >= 0.3 is 0 Å². The van der Waals surface area contributed by atoms with Gasteiger partial charge in [0.05, 0.1) is 18.5 Å². The third kappa shape index (κ3) is 2.28. The number of anilines is 1. The van der Waals surface area contributed by atoms with Crippen molar-refractivity contribution in [3.63, 3.8) is 0 Å². The Morgan fingerprint density at radius 1 is 1.10 bits per heavy atom. The van der Waals surface area contributed by atoms with Crippen LogP contribution in [0.3, 0.4) is 0 Å². The lowest BCUT2D eigenvalue weighted by Gasteiger charge is -2.05. The Morgan fingerprint density at radius 2 is 1.90 bits per heavy atom. The van der Waals surface area contributed by atoms with Crippen LogP contribution in [0.2, 0.25) is 0 Å². The zero-order chi connectivity index (χ0) is 13.9. The van der Waals surface area contributed by atoms with E-state index in [0.717, 1.165) is 16.9 Å². The zero-order valence-electron chi connectivity index (χ0n) is 10.7. The lowest BCUT2D eigenvalue weighted by molar-refractivity contribution is 0.311. The first kappa shape index (κ1) is 12.4. The standard InChI is InChI=1S/C14H14N4O2/c19-8-7-15-13-5-6-14-16-9-12(18(14)17-13)10-1-3-11(20)4-2-10/h1-6,9,19-20H,7-8H2,(H,15,17). The van der Waals surface area contributed by atoms with Crippen LogP contribution in [-0.4, -0.2) is 38.0 Å². The molecule has 0 radical (unpaired) electrons. The van der Waals surface area contributed by atoms with E-state index in [1.807, 2.05) is 24.3 Å². The molecule has 0 atom stereocenters. The molecule has 6 nitrogen and oxygen atoms in total. The highest BCUT2D eigenvalue weighted by atomic mass is 16.3. The van der Waals surface area contributed by atoms with Gasteiger partial charge < -0.3 is 15.5 Å². The Labute approximate surface area is 115 Å². The minimum Gasteiger partial charge on any atom is -0.508 e. The van der Waals surface area contributed by atoms with Gasteiger partial charge in [0.1, 0.15) is 11.6 Å². The van der Waals surface area contributed by atoms with Crippen LogP contribution in [0.25, 0.3) is 16.9 Å². The molecule has 0 saturated heterocycles. The average molecular weight is 270 g/mol. The number of aliphatic hydroxyl groups is 1. The van der Waals surface area contributed by atoms with E-state index >= 15 is 0 Å². The minimum atomic E-state index is 0.0501. The quantitative estimate of drug-likeness (QED) is 0.669. The van der Waals surface area contributed by atoms with E-state index in [0.29, 0.717) is 12.4 Å². The molecular weight excluding hydrogens is 256 g/mol. The van der Waals surface area contributed by atoms with Crippen molar-refractivity contribution in [3.8, 4) is 17.0 Å². The van der Waals surface area contributed by atoms with E-state index < -0.39 is 0 Å². The summed E-state index contributed by atoms with van der Waals surface area (Å²) >= 11 is 0. The minimum absolute atomic E-state index is 0.0501. The van der Waals surface area contributed by atoms with Crippen LogP contribution in [0.1, 0.15) is 0 Å². The first-order chi connectivity index (χ1) is 9.78. The maximum atomic E-state index is 9.34. The van der Waals surface area contributed by atoms with Gasteiger partial charge in [0.15, 0.2) is 5.65 Å². The fraction of sp³-hybridized carbons (Fsp3) is 0.143. The Bertz CT molecular complexity index is 722. The molecule has 0 aliphatic heterocycles. The fourth-order valence-corrected chi connectivity index (χ4v) is 1.98. The van der Waals surface area contributed by atoms with Crippen LogP contribution >= 0.6 is 0 Å². The van der Waals surface area contributed by atoms with Crippen molar-refractivity contribution < 1.29 is 10.2 Å². The van der Waals surface area contributed by atoms with Crippen molar-refractivity contribution in [2.45, 2.75) is 0 Å². The van der Waals surface area contributed by atoms with Crippen LogP contribution in [0.15, 0.2) is 42.6 Å². The number of aromatic hydroxyl groups is 1. The van der Waals surface area contributed by atoms with Crippen molar-refractivity contribution in [3.05, 3.63) is 42.6 Å². The predicted molar refractivity (Wildman–Crippen MR) is 75.7 cm³/mol. The van der Waals surface area contributed by atoms with E-state index in [9.17, 15) is 5.11 Å². The molecule has 0 aliphatic rings. The van der Waals surface area contributed by atoms with Gasteiger partial charge in [0.2, 0.25) is 0 Å². The molecular formula is C14H14N4O2. The SMILES string of the molecule is OCCNc1ccc2ncc(-c3ccc(O)cc3)n2n1. The molecule has 3 aromatic rings. The molecule has 0 unspecified atom stereocenters. The number of rotatable bonds is 4. The normalized spacial score (nSPS) is 10.8. The smallest absolute Gasteiger partial charge is 0.154 e. The second-order valence-corrected chi connectivity index (χ2v) is 4.33. The summed E-state index contributed by atoms with van der Waals surface area (Å²) < 4.78 is 1.73. The van der Waals surface area contributed by atoms with Gasteiger partial charge in [-0.25, -0.2) is 9.50 Å². The number of hydrogen-bond donors (Lipinski definition) is 3. The third-order valence-corrected chi connectivity index (χ3v) is 2.94. The maximum absolute atomic E-state index is 9.34. The Kier molecular flexibility index (Phi) is 3.22. The van der Waals surface area contributed by atoms with Gasteiger partial charge in [0, 0.05) is 12.1 Å². The predicted octanol–water partition coefficient (Wildman–Crippen LogP) is 1.51. The molecule has 3 rings (SSSR count). The monoisotopic (exact) mass is 270 g/mol. The van der Waals surface area contributed by atoms with Crippen LogP contribution in [0, 0.1) is 0 Å². The Morgan fingerprint density at radius 3 is 2.65 bits per heavy atom. The summed E-state index contributed by atoms with van der Waals surface area (Å²) in [4.78, 5) is 4.30. The first-order valence-electron chi connectivity index (χ1n) is 6.27. The van der Waals surface area contributed by atoms with Gasteiger partial charge in [0.25, 0.3) is 0 Å². The largest absolute Gasteiger partial charge is 0.508 e. The van der Waals surface area contributed by atoms with Crippen molar-refractivity contribution in [2.24, 2.45) is 0 Å². The average Bonchev–Trinajstić information content (AvgIpc) is 2.89. The number of fused-ring (bicyclic) bond motifs is 1. The molecule has 0 fully saturated rings. The highest BCUT2D eigenvalue weighted by molar-refractivity contribution is 5.64. The second-order valence-electron chi connectivity index (χ2n) is 4.33. The number of nitrogens with one attached hydrogen (secondary N) is 1.